The number of ether oxygens (including phenoxy) is 8. The van der Waals surface area contributed by atoms with E-state index >= 15 is 0 Å². The van der Waals surface area contributed by atoms with E-state index < -0.39 is 0 Å². The molecule has 3 aliphatic rings. The first-order valence-electron chi connectivity index (χ1n) is 17.5. The van der Waals surface area contributed by atoms with Crippen molar-refractivity contribution in [2.75, 3.05) is 76.6 Å². The summed E-state index contributed by atoms with van der Waals surface area (Å²) in [7, 11) is 15.1. The van der Waals surface area contributed by atoms with Gasteiger partial charge in [0.15, 0.2) is 34.5 Å². The maximum Gasteiger partial charge on any atom is 0.231 e. The molecule has 0 aliphatic carbocycles. The lowest BCUT2D eigenvalue weighted by atomic mass is 9.86. The van der Waals surface area contributed by atoms with Crippen LogP contribution in [-0.2, 0) is 25.7 Å². The van der Waals surface area contributed by atoms with Gasteiger partial charge in [0.05, 0.1) is 56.2 Å². The Labute approximate surface area is 300 Å². The molecular formula is C41H49N2O8+. The zero-order chi connectivity index (χ0) is 35.9. The summed E-state index contributed by atoms with van der Waals surface area (Å²) >= 11 is 0. The van der Waals surface area contributed by atoms with Crippen LogP contribution in [0.15, 0.2) is 54.6 Å². The summed E-state index contributed by atoms with van der Waals surface area (Å²) in [6.07, 6.45) is 3.42. The van der Waals surface area contributed by atoms with E-state index in [0.29, 0.717) is 28.7 Å². The largest absolute Gasteiger partial charge is 0.493 e. The molecule has 4 aromatic rings. The van der Waals surface area contributed by atoms with Crippen molar-refractivity contribution in [1.82, 2.24) is 4.90 Å². The molecule has 0 unspecified atom stereocenters. The molecule has 270 valence electrons. The molecule has 0 fully saturated rings. The van der Waals surface area contributed by atoms with Crippen molar-refractivity contribution in [3.8, 4) is 51.7 Å². The molecule has 3 heterocycles. The lowest BCUT2D eigenvalue weighted by Gasteiger charge is -2.43. The second-order valence-corrected chi connectivity index (χ2v) is 14.1. The first-order valence-corrected chi connectivity index (χ1v) is 17.5. The molecule has 3 aliphatic heterocycles. The molecule has 0 saturated heterocycles. The molecule has 0 saturated carbocycles. The van der Waals surface area contributed by atoms with Gasteiger partial charge in [-0.1, -0.05) is 18.2 Å². The van der Waals surface area contributed by atoms with Crippen LogP contribution in [0.1, 0.15) is 45.5 Å². The average molecular weight is 698 g/mol. The Balaban J connectivity index is 1.13. The van der Waals surface area contributed by atoms with Crippen LogP contribution < -0.4 is 37.9 Å². The van der Waals surface area contributed by atoms with Crippen LogP contribution in [-0.4, -0.2) is 86.0 Å². The first-order chi connectivity index (χ1) is 24.7. The summed E-state index contributed by atoms with van der Waals surface area (Å²) in [6, 6.07) is 19.2. The van der Waals surface area contributed by atoms with Gasteiger partial charge in [0.1, 0.15) is 11.8 Å². The summed E-state index contributed by atoms with van der Waals surface area (Å²) in [4.78, 5) is 2.40. The summed E-state index contributed by atoms with van der Waals surface area (Å²) in [5, 5.41) is 0. The summed E-state index contributed by atoms with van der Waals surface area (Å²) < 4.78 is 47.8. The number of benzene rings is 4. The van der Waals surface area contributed by atoms with Crippen molar-refractivity contribution in [3.63, 3.8) is 0 Å². The fourth-order valence-corrected chi connectivity index (χ4v) is 8.06. The van der Waals surface area contributed by atoms with Gasteiger partial charge in [-0.25, -0.2) is 0 Å². The van der Waals surface area contributed by atoms with Gasteiger partial charge in [0.2, 0.25) is 18.3 Å². The Morgan fingerprint density at radius 1 is 0.686 bits per heavy atom. The molecule has 10 nitrogen and oxygen atoms in total. The lowest BCUT2D eigenvalue weighted by molar-refractivity contribution is -0.923. The number of nitrogens with zero attached hydrogens (tertiary/aromatic N) is 2. The van der Waals surface area contributed by atoms with Gasteiger partial charge in [-0.15, -0.1) is 0 Å². The summed E-state index contributed by atoms with van der Waals surface area (Å²) in [5.74, 6) is 6.44. The van der Waals surface area contributed by atoms with Crippen LogP contribution in [0, 0.1) is 0 Å². The first kappa shape index (κ1) is 34.6. The molecular weight excluding hydrogens is 648 g/mol. The number of likely N-dealkylation sites (N-methyl/N-ethyl adjacent to an activating group) is 2. The predicted octanol–water partition coefficient (Wildman–Crippen LogP) is 6.94. The van der Waals surface area contributed by atoms with Crippen LogP contribution in [0.4, 0.5) is 0 Å². The number of quaternary nitrogens is 1. The minimum atomic E-state index is 0.158. The third kappa shape index (κ3) is 6.36. The van der Waals surface area contributed by atoms with E-state index in [2.05, 4.69) is 62.4 Å². The minimum Gasteiger partial charge on any atom is -0.493 e. The molecule has 0 spiro atoms. The van der Waals surface area contributed by atoms with Gasteiger partial charge >= 0.3 is 0 Å². The van der Waals surface area contributed by atoms with E-state index in [0.717, 1.165) is 71.8 Å². The highest BCUT2D eigenvalue weighted by atomic mass is 16.7. The van der Waals surface area contributed by atoms with Gasteiger partial charge in [0, 0.05) is 42.1 Å². The highest BCUT2D eigenvalue weighted by molar-refractivity contribution is 5.62. The Morgan fingerprint density at radius 2 is 1.39 bits per heavy atom. The van der Waals surface area contributed by atoms with E-state index in [-0.39, 0.29) is 18.9 Å². The number of hydrogen-bond donors (Lipinski definition) is 0. The van der Waals surface area contributed by atoms with Crippen molar-refractivity contribution in [2.24, 2.45) is 0 Å². The predicted molar refractivity (Wildman–Crippen MR) is 195 cm³/mol. The van der Waals surface area contributed by atoms with Crippen molar-refractivity contribution < 1.29 is 42.4 Å². The molecule has 0 N–H and O–H groups in total. The monoisotopic (exact) mass is 697 g/mol. The molecule has 0 amide bonds. The Bertz CT molecular complexity index is 1910. The highest BCUT2D eigenvalue weighted by Crippen LogP contribution is 2.50. The standard InChI is InChI=1S/C41H49N2O8/c1-42-17-15-28-30(22-37-41(39(28)47-7)50-24-49-37)32(42)19-25-9-12-27(13-10-25)51-35-21-26(11-14-34(35)44-4)20-33-31-23-36(45-5)40(48-8)38(46-6)29(31)16-18-43(33,2)3/h9-14,21-23,32-33H,15-20,24H2,1-8H3/q+1/t32-,33-/m1/s1. The number of rotatable bonds is 11. The maximum atomic E-state index is 6.51. The minimum absolute atomic E-state index is 0.158. The van der Waals surface area contributed by atoms with E-state index in [1.54, 1.807) is 35.5 Å². The lowest BCUT2D eigenvalue weighted by Crippen LogP contribution is -2.48. The fourth-order valence-electron chi connectivity index (χ4n) is 8.06. The normalized spacial score (nSPS) is 18.7. The van der Waals surface area contributed by atoms with Gasteiger partial charge < -0.3 is 42.4 Å². The number of hydrogen-bond acceptors (Lipinski definition) is 9. The highest BCUT2D eigenvalue weighted by Gasteiger charge is 2.39. The number of fused-ring (bicyclic) bond motifs is 3. The number of methoxy groups -OCH3 is 5. The van der Waals surface area contributed by atoms with E-state index in [1.165, 1.54) is 27.8 Å². The Morgan fingerprint density at radius 3 is 2.10 bits per heavy atom. The molecule has 2 atom stereocenters. The van der Waals surface area contributed by atoms with Gasteiger partial charge in [-0.2, -0.15) is 0 Å². The van der Waals surface area contributed by atoms with Crippen LogP contribution in [0.25, 0.3) is 0 Å². The summed E-state index contributed by atoms with van der Waals surface area (Å²) in [5.41, 5.74) is 7.18. The molecule has 7 rings (SSSR count). The topological polar surface area (TPSA) is 77.1 Å². The Kier molecular flexibility index (Phi) is 9.56. The third-order valence-corrected chi connectivity index (χ3v) is 10.9. The van der Waals surface area contributed by atoms with E-state index in [4.69, 9.17) is 37.9 Å². The van der Waals surface area contributed by atoms with E-state index in [9.17, 15) is 0 Å². The van der Waals surface area contributed by atoms with Crippen molar-refractivity contribution in [2.45, 2.75) is 37.8 Å². The Hall–Kier alpha value is -4.80. The van der Waals surface area contributed by atoms with Crippen molar-refractivity contribution in [3.05, 3.63) is 88.0 Å². The fraction of sp³-hybridized carbons (Fsp3) is 0.415. The smallest absolute Gasteiger partial charge is 0.231 e. The van der Waals surface area contributed by atoms with Crippen LogP contribution in [0.5, 0.6) is 51.7 Å². The zero-order valence-corrected chi connectivity index (χ0v) is 31.0. The summed E-state index contributed by atoms with van der Waals surface area (Å²) in [6.45, 7) is 2.12. The van der Waals surface area contributed by atoms with Gasteiger partial charge in [-0.3, -0.25) is 4.90 Å². The molecule has 0 radical (unpaired) electrons. The van der Waals surface area contributed by atoms with Crippen molar-refractivity contribution in [1.29, 1.82) is 0 Å². The second-order valence-electron chi connectivity index (χ2n) is 14.1. The molecule has 0 bridgehead atoms. The quantitative estimate of drug-likeness (QED) is 0.155. The van der Waals surface area contributed by atoms with Gasteiger partial charge in [-0.05, 0) is 73.0 Å². The van der Waals surface area contributed by atoms with E-state index in [1.807, 2.05) is 18.2 Å². The van der Waals surface area contributed by atoms with Gasteiger partial charge in [0.25, 0.3) is 0 Å². The molecule has 0 aromatic heterocycles. The van der Waals surface area contributed by atoms with Crippen molar-refractivity contribution >= 4 is 0 Å². The molecule has 4 aromatic carbocycles. The van der Waals surface area contributed by atoms with Crippen LogP contribution in [0.3, 0.4) is 0 Å². The average Bonchev–Trinajstić information content (AvgIpc) is 3.61. The SMILES string of the molecule is COc1ccc(C[C@@H]2c3cc(OC)c(OC)c(OC)c3CC[N+]2(C)C)cc1Oc1ccc(C[C@@H]2c3cc4c(c(OC)c3CCN2C)OCO4)cc1. The third-order valence-electron chi connectivity index (χ3n) is 10.9. The second kappa shape index (κ2) is 14.1. The molecule has 51 heavy (non-hydrogen) atoms. The maximum absolute atomic E-state index is 6.51. The van der Waals surface area contributed by atoms with Crippen LogP contribution >= 0.6 is 0 Å². The molecule has 10 heteroatoms. The van der Waals surface area contributed by atoms with Crippen LogP contribution in [0.2, 0.25) is 0 Å². The zero-order valence-electron chi connectivity index (χ0n) is 31.0.